The summed E-state index contributed by atoms with van der Waals surface area (Å²) < 4.78 is 0. The molecule has 116 valence electrons. The van der Waals surface area contributed by atoms with Crippen LogP contribution < -0.4 is 11.1 Å². The van der Waals surface area contributed by atoms with Crippen LogP contribution >= 0.6 is 0 Å². The second-order valence-electron chi connectivity index (χ2n) is 6.92. The quantitative estimate of drug-likeness (QED) is 0.777. The molecule has 0 aromatic carbocycles. The Hall–Kier alpha value is -0.610. The summed E-state index contributed by atoms with van der Waals surface area (Å²) in [4.78, 5) is 15.1. The van der Waals surface area contributed by atoms with E-state index in [9.17, 15) is 4.79 Å². The number of hydrogen-bond donors (Lipinski definition) is 2. The molecule has 1 aliphatic carbocycles. The molecule has 1 heterocycles. The van der Waals surface area contributed by atoms with E-state index in [0.29, 0.717) is 18.6 Å². The van der Waals surface area contributed by atoms with Crippen molar-refractivity contribution in [2.75, 3.05) is 20.1 Å². The zero-order valence-electron chi connectivity index (χ0n) is 13.2. The number of carbonyl (C=O) groups is 1. The van der Waals surface area contributed by atoms with Gasteiger partial charge in [0.1, 0.15) is 0 Å². The van der Waals surface area contributed by atoms with Crippen LogP contribution in [0.5, 0.6) is 0 Å². The molecule has 2 unspecified atom stereocenters. The molecule has 0 radical (unpaired) electrons. The number of amides is 1. The number of nitrogens with zero attached hydrogens (tertiary/aromatic N) is 1. The third-order valence-electron chi connectivity index (χ3n) is 5.48. The van der Waals surface area contributed by atoms with Gasteiger partial charge in [0.05, 0.1) is 5.41 Å². The van der Waals surface area contributed by atoms with E-state index >= 15 is 0 Å². The van der Waals surface area contributed by atoms with Gasteiger partial charge in [-0.15, -0.1) is 0 Å². The first-order chi connectivity index (χ1) is 9.57. The highest BCUT2D eigenvalue weighted by Crippen LogP contribution is 2.34. The van der Waals surface area contributed by atoms with Crippen LogP contribution in [0.4, 0.5) is 0 Å². The number of rotatable bonds is 3. The molecule has 0 aromatic rings. The Bertz CT molecular complexity index is 324. The van der Waals surface area contributed by atoms with Gasteiger partial charge in [0.25, 0.3) is 0 Å². The van der Waals surface area contributed by atoms with Crippen molar-refractivity contribution in [3.63, 3.8) is 0 Å². The number of hydrogen-bond acceptors (Lipinski definition) is 3. The summed E-state index contributed by atoms with van der Waals surface area (Å²) >= 11 is 0. The van der Waals surface area contributed by atoms with Crippen LogP contribution in [0.3, 0.4) is 0 Å². The fraction of sp³-hybridized carbons (Fsp3) is 0.938. The van der Waals surface area contributed by atoms with Crippen LogP contribution in [-0.2, 0) is 4.79 Å². The second kappa shape index (κ2) is 6.90. The normalized spacial score (nSPS) is 31.6. The van der Waals surface area contributed by atoms with E-state index in [0.717, 1.165) is 45.1 Å². The Kier molecular flexibility index (Phi) is 5.44. The van der Waals surface area contributed by atoms with Crippen LogP contribution in [0.15, 0.2) is 0 Å². The number of piperidine rings is 1. The van der Waals surface area contributed by atoms with Crippen molar-refractivity contribution in [3.8, 4) is 0 Å². The summed E-state index contributed by atoms with van der Waals surface area (Å²) in [5.74, 6) is 0.226. The zero-order valence-corrected chi connectivity index (χ0v) is 13.2. The smallest absolute Gasteiger partial charge is 0.227 e. The highest BCUT2D eigenvalue weighted by molar-refractivity contribution is 5.83. The van der Waals surface area contributed by atoms with Gasteiger partial charge in [0, 0.05) is 25.2 Å². The Morgan fingerprint density at radius 1 is 1.30 bits per heavy atom. The molecule has 4 heteroatoms. The van der Waals surface area contributed by atoms with Crippen LogP contribution in [0, 0.1) is 5.41 Å². The Labute approximate surface area is 123 Å². The first kappa shape index (κ1) is 15.8. The topological polar surface area (TPSA) is 58.4 Å². The van der Waals surface area contributed by atoms with Gasteiger partial charge in [-0.2, -0.15) is 0 Å². The lowest BCUT2D eigenvalue weighted by molar-refractivity contribution is -0.132. The lowest BCUT2D eigenvalue weighted by atomic mass is 9.79. The molecule has 2 atom stereocenters. The van der Waals surface area contributed by atoms with Crippen LogP contribution in [0.1, 0.15) is 58.3 Å². The molecule has 0 bridgehead atoms. The van der Waals surface area contributed by atoms with Gasteiger partial charge in [-0.05, 0) is 39.7 Å². The van der Waals surface area contributed by atoms with Gasteiger partial charge in [0.2, 0.25) is 5.91 Å². The molecular weight excluding hydrogens is 250 g/mol. The van der Waals surface area contributed by atoms with Gasteiger partial charge >= 0.3 is 0 Å². The van der Waals surface area contributed by atoms with Crippen molar-refractivity contribution >= 4 is 5.91 Å². The zero-order chi connectivity index (χ0) is 14.6. The van der Waals surface area contributed by atoms with E-state index in [-0.39, 0.29) is 11.3 Å². The summed E-state index contributed by atoms with van der Waals surface area (Å²) in [5, 5.41) is 3.31. The van der Waals surface area contributed by atoms with Crippen LogP contribution in [-0.4, -0.2) is 43.0 Å². The number of likely N-dealkylation sites (tertiary alicyclic amines) is 1. The first-order valence-electron chi connectivity index (χ1n) is 8.29. The molecule has 1 aliphatic heterocycles. The van der Waals surface area contributed by atoms with Crippen molar-refractivity contribution in [2.24, 2.45) is 11.1 Å². The minimum absolute atomic E-state index is 0.226. The summed E-state index contributed by atoms with van der Waals surface area (Å²) in [5.41, 5.74) is 5.71. The van der Waals surface area contributed by atoms with Crippen LogP contribution in [0.25, 0.3) is 0 Å². The third-order valence-corrected chi connectivity index (χ3v) is 5.48. The standard InChI is InChI=1S/C16H31N3O/c1-13-11-14(7-10-19(13)2)18-15(20)16(12-17)8-5-3-4-6-9-16/h13-14H,3-12,17H2,1-2H3,(H,18,20). The Morgan fingerprint density at radius 3 is 2.50 bits per heavy atom. The van der Waals surface area contributed by atoms with Crippen molar-refractivity contribution in [1.29, 1.82) is 0 Å². The predicted octanol–water partition coefficient (Wildman–Crippen LogP) is 1.88. The van der Waals surface area contributed by atoms with E-state index in [1.165, 1.54) is 12.8 Å². The first-order valence-corrected chi connectivity index (χ1v) is 8.29. The van der Waals surface area contributed by atoms with Gasteiger partial charge in [-0.25, -0.2) is 0 Å². The second-order valence-corrected chi connectivity index (χ2v) is 6.92. The number of carbonyl (C=O) groups excluding carboxylic acids is 1. The predicted molar refractivity (Wildman–Crippen MR) is 82.4 cm³/mol. The highest BCUT2D eigenvalue weighted by Gasteiger charge is 2.38. The molecular formula is C16H31N3O. The summed E-state index contributed by atoms with van der Waals surface area (Å²) in [6.07, 6.45) is 8.86. The van der Waals surface area contributed by atoms with E-state index in [1.807, 2.05) is 0 Å². The van der Waals surface area contributed by atoms with Crippen LogP contribution in [0.2, 0.25) is 0 Å². The maximum Gasteiger partial charge on any atom is 0.227 e. The average Bonchev–Trinajstić information content (AvgIpc) is 2.69. The maximum atomic E-state index is 12.8. The molecule has 1 saturated heterocycles. The van der Waals surface area contributed by atoms with Gasteiger partial charge in [0.15, 0.2) is 0 Å². The van der Waals surface area contributed by atoms with Gasteiger partial charge in [-0.3, -0.25) is 4.79 Å². The Balaban J connectivity index is 1.95. The van der Waals surface area contributed by atoms with E-state index in [4.69, 9.17) is 5.73 Å². The Morgan fingerprint density at radius 2 is 1.95 bits per heavy atom. The minimum Gasteiger partial charge on any atom is -0.353 e. The average molecular weight is 281 g/mol. The number of nitrogens with two attached hydrogens (primary N) is 1. The molecule has 2 fully saturated rings. The van der Waals surface area contributed by atoms with E-state index in [1.54, 1.807) is 0 Å². The molecule has 1 saturated carbocycles. The van der Waals surface area contributed by atoms with Crippen molar-refractivity contribution < 1.29 is 4.79 Å². The SMILES string of the molecule is CC1CC(NC(=O)C2(CN)CCCCCC2)CCN1C. The molecule has 2 aliphatic rings. The van der Waals surface area contributed by atoms with E-state index < -0.39 is 0 Å². The molecule has 3 N–H and O–H groups in total. The fourth-order valence-electron chi connectivity index (χ4n) is 3.69. The lowest BCUT2D eigenvalue weighted by Gasteiger charge is -2.38. The van der Waals surface area contributed by atoms with E-state index in [2.05, 4.69) is 24.2 Å². The summed E-state index contributed by atoms with van der Waals surface area (Å²) in [6.45, 7) is 3.81. The largest absolute Gasteiger partial charge is 0.353 e. The maximum absolute atomic E-state index is 12.8. The highest BCUT2D eigenvalue weighted by atomic mass is 16.2. The van der Waals surface area contributed by atoms with Crippen molar-refractivity contribution in [2.45, 2.75) is 70.4 Å². The van der Waals surface area contributed by atoms with Crippen molar-refractivity contribution in [1.82, 2.24) is 10.2 Å². The molecule has 2 rings (SSSR count). The molecule has 0 aromatic heterocycles. The van der Waals surface area contributed by atoms with Gasteiger partial charge < -0.3 is 16.0 Å². The minimum atomic E-state index is -0.289. The molecule has 4 nitrogen and oxygen atoms in total. The molecule has 0 spiro atoms. The monoisotopic (exact) mass is 281 g/mol. The summed E-state index contributed by atoms with van der Waals surface area (Å²) in [7, 11) is 2.16. The lowest BCUT2D eigenvalue weighted by Crippen LogP contribution is -2.53. The van der Waals surface area contributed by atoms with Gasteiger partial charge in [-0.1, -0.05) is 25.7 Å². The third kappa shape index (κ3) is 3.53. The molecule has 20 heavy (non-hydrogen) atoms. The number of nitrogens with one attached hydrogen (secondary N) is 1. The fourth-order valence-corrected chi connectivity index (χ4v) is 3.69. The summed E-state index contributed by atoms with van der Waals surface area (Å²) in [6, 6.07) is 0.886. The molecule has 1 amide bonds. The van der Waals surface area contributed by atoms with Crippen molar-refractivity contribution in [3.05, 3.63) is 0 Å².